The third-order valence-corrected chi connectivity index (χ3v) is 7.90. The molecule has 31 heavy (non-hydrogen) atoms. The lowest BCUT2D eigenvalue weighted by Crippen LogP contribution is -2.49. The van der Waals surface area contributed by atoms with Gasteiger partial charge in [0.2, 0.25) is 5.91 Å². The number of aromatic amines is 1. The number of carbonyl (C=O) groups is 2. The Morgan fingerprint density at radius 1 is 1.32 bits per heavy atom. The van der Waals surface area contributed by atoms with Crippen LogP contribution in [-0.4, -0.2) is 51.2 Å². The van der Waals surface area contributed by atoms with Crippen LogP contribution in [-0.2, 0) is 16.1 Å². The van der Waals surface area contributed by atoms with E-state index >= 15 is 0 Å². The number of nitrogens with zero attached hydrogens (tertiary/aromatic N) is 2. The molecule has 4 rings (SSSR count). The summed E-state index contributed by atoms with van der Waals surface area (Å²) in [5, 5.41) is 17.5. The summed E-state index contributed by atoms with van der Waals surface area (Å²) < 4.78 is 0. The molecule has 2 bridgehead atoms. The fourth-order valence-electron chi connectivity index (χ4n) is 5.91. The molecule has 1 aliphatic carbocycles. The van der Waals surface area contributed by atoms with Crippen LogP contribution in [0.25, 0.3) is 0 Å². The fourth-order valence-corrected chi connectivity index (χ4v) is 5.91. The third kappa shape index (κ3) is 4.97. The molecule has 2 aliphatic heterocycles. The Labute approximate surface area is 186 Å². The van der Waals surface area contributed by atoms with Crippen molar-refractivity contribution < 1.29 is 14.7 Å². The molecule has 0 spiro atoms. The summed E-state index contributed by atoms with van der Waals surface area (Å²) in [4.78, 5) is 24.7. The molecular formula is C24H40N4O3. The molecule has 3 N–H and O–H groups in total. The summed E-state index contributed by atoms with van der Waals surface area (Å²) in [7, 11) is 0. The zero-order chi connectivity index (χ0) is 22.6. The maximum absolute atomic E-state index is 13.6. The molecule has 1 aromatic heterocycles. The highest BCUT2D eigenvalue weighted by atomic mass is 16.3. The van der Waals surface area contributed by atoms with Crippen LogP contribution >= 0.6 is 0 Å². The van der Waals surface area contributed by atoms with E-state index in [9.17, 15) is 4.79 Å². The van der Waals surface area contributed by atoms with Gasteiger partial charge >= 0.3 is 0 Å². The highest BCUT2D eigenvalue weighted by Crippen LogP contribution is 2.53. The highest BCUT2D eigenvalue weighted by Gasteiger charge is 2.59. The molecule has 1 amide bonds. The number of hydrogen-bond donors (Lipinski definition) is 3. The first-order valence-corrected chi connectivity index (χ1v) is 11.9. The first-order valence-electron chi connectivity index (χ1n) is 11.9. The van der Waals surface area contributed by atoms with Crippen LogP contribution in [0.5, 0.6) is 0 Å². The van der Waals surface area contributed by atoms with Crippen molar-refractivity contribution >= 4 is 12.4 Å². The van der Waals surface area contributed by atoms with E-state index in [2.05, 4.69) is 34.3 Å². The summed E-state index contributed by atoms with van der Waals surface area (Å²) in [6.45, 7) is 10.2. The molecule has 0 radical (unpaired) electrons. The number of carboxylic acid groups (broad SMARTS) is 1. The fraction of sp³-hybridized carbons (Fsp3) is 0.792. The van der Waals surface area contributed by atoms with Gasteiger partial charge in [-0.3, -0.25) is 19.6 Å². The van der Waals surface area contributed by atoms with Crippen LogP contribution in [0.15, 0.2) is 0 Å². The molecule has 3 heterocycles. The van der Waals surface area contributed by atoms with Crippen molar-refractivity contribution in [3.8, 4) is 0 Å². The smallest absolute Gasteiger partial charge is 0.290 e. The van der Waals surface area contributed by atoms with Crippen molar-refractivity contribution in [3.05, 3.63) is 17.0 Å². The van der Waals surface area contributed by atoms with Crippen LogP contribution in [0.1, 0.15) is 82.2 Å². The Bertz CT molecular complexity index is 739. The number of hydrogen-bond acceptors (Lipinski definition) is 4. The van der Waals surface area contributed by atoms with Crippen molar-refractivity contribution in [1.82, 2.24) is 20.4 Å². The topological polar surface area (TPSA) is 98.3 Å². The SMILES string of the molecule is Cc1n[nH]c(C)c1CNC(=O)[C@@]1(CCC(C)C)C[C@H]2CC[C@@H]1N2CC1CCC1.O=CO. The molecule has 2 saturated heterocycles. The van der Waals surface area contributed by atoms with Gasteiger partial charge in [0.15, 0.2) is 0 Å². The van der Waals surface area contributed by atoms with E-state index in [1.165, 1.54) is 38.6 Å². The molecule has 3 aliphatic rings. The van der Waals surface area contributed by atoms with E-state index in [-0.39, 0.29) is 11.9 Å². The Morgan fingerprint density at radius 2 is 2.03 bits per heavy atom. The zero-order valence-corrected chi connectivity index (χ0v) is 19.6. The predicted molar refractivity (Wildman–Crippen MR) is 121 cm³/mol. The molecule has 174 valence electrons. The summed E-state index contributed by atoms with van der Waals surface area (Å²) in [6, 6.07) is 1.07. The number of fused-ring (bicyclic) bond motifs is 2. The number of rotatable bonds is 8. The summed E-state index contributed by atoms with van der Waals surface area (Å²) >= 11 is 0. The van der Waals surface area contributed by atoms with Gasteiger partial charge < -0.3 is 10.4 Å². The molecule has 3 fully saturated rings. The molecular weight excluding hydrogens is 392 g/mol. The van der Waals surface area contributed by atoms with Crippen LogP contribution in [0.3, 0.4) is 0 Å². The van der Waals surface area contributed by atoms with Crippen molar-refractivity contribution in [2.24, 2.45) is 17.3 Å². The second-order valence-corrected chi connectivity index (χ2v) is 10.2. The molecule has 3 atom stereocenters. The minimum Gasteiger partial charge on any atom is -0.483 e. The van der Waals surface area contributed by atoms with Gasteiger partial charge in [-0.1, -0.05) is 20.3 Å². The standard InChI is InChI=1S/C23H38N4O.CH2O2/c1-15(2)10-11-23(22(28)24-13-20-16(3)25-26-17(20)4)12-19-8-9-21(23)27(19)14-18-6-5-7-18;2-1-3/h15,18-19,21H,5-14H2,1-4H3,(H,24,28)(H,25,26);1H,(H,2,3)/t19-,21+,23+;/m1./s1. The summed E-state index contributed by atoms with van der Waals surface area (Å²) in [6.07, 6.45) is 9.89. The van der Waals surface area contributed by atoms with Crippen molar-refractivity contribution in [2.45, 2.75) is 97.7 Å². The second-order valence-electron chi connectivity index (χ2n) is 10.2. The van der Waals surface area contributed by atoms with Crippen molar-refractivity contribution in [3.63, 3.8) is 0 Å². The number of amides is 1. The Balaban J connectivity index is 0.000000858. The van der Waals surface area contributed by atoms with Gasteiger partial charge in [-0.05, 0) is 70.6 Å². The second kappa shape index (κ2) is 10.2. The van der Waals surface area contributed by atoms with Crippen molar-refractivity contribution in [1.29, 1.82) is 0 Å². The Kier molecular flexibility index (Phi) is 7.78. The zero-order valence-electron chi connectivity index (χ0n) is 19.6. The first-order chi connectivity index (χ1) is 14.8. The Hall–Kier alpha value is -1.89. The van der Waals surface area contributed by atoms with E-state index < -0.39 is 0 Å². The minimum absolute atomic E-state index is 0.192. The monoisotopic (exact) mass is 432 g/mol. The van der Waals surface area contributed by atoms with E-state index in [0.29, 0.717) is 30.5 Å². The lowest BCUT2D eigenvalue weighted by Gasteiger charge is -2.38. The summed E-state index contributed by atoms with van der Waals surface area (Å²) in [5.41, 5.74) is 3.01. The van der Waals surface area contributed by atoms with Gasteiger partial charge in [-0.2, -0.15) is 5.10 Å². The van der Waals surface area contributed by atoms with Gasteiger partial charge in [-0.25, -0.2) is 0 Å². The van der Waals surface area contributed by atoms with E-state index in [4.69, 9.17) is 9.90 Å². The number of carbonyl (C=O) groups excluding carboxylic acids is 1. The highest BCUT2D eigenvalue weighted by molar-refractivity contribution is 5.84. The van der Waals surface area contributed by atoms with Crippen LogP contribution in [0, 0.1) is 31.1 Å². The number of aromatic nitrogens is 2. The predicted octanol–water partition coefficient (Wildman–Crippen LogP) is 3.80. The van der Waals surface area contributed by atoms with E-state index in [0.717, 1.165) is 42.1 Å². The summed E-state index contributed by atoms with van der Waals surface area (Å²) in [5.74, 6) is 1.81. The molecule has 1 aromatic rings. The largest absolute Gasteiger partial charge is 0.483 e. The first kappa shape index (κ1) is 23.8. The average Bonchev–Trinajstić information content (AvgIpc) is 3.33. The molecule has 7 heteroatoms. The molecule has 0 unspecified atom stereocenters. The molecule has 1 saturated carbocycles. The molecule has 7 nitrogen and oxygen atoms in total. The van der Waals surface area contributed by atoms with Crippen LogP contribution < -0.4 is 5.32 Å². The van der Waals surface area contributed by atoms with Crippen LogP contribution in [0.4, 0.5) is 0 Å². The van der Waals surface area contributed by atoms with Crippen LogP contribution in [0.2, 0.25) is 0 Å². The van der Waals surface area contributed by atoms with Gasteiger partial charge in [0.25, 0.3) is 6.47 Å². The lowest BCUT2D eigenvalue weighted by molar-refractivity contribution is -0.134. The van der Waals surface area contributed by atoms with Gasteiger partial charge in [0.05, 0.1) is 11.1 Å². The number of aryl methyl sites for hydroxylation is 2. The van der Waals surface area contributed by atoms with Crippen molar-refractivity contribution in [2.75, 3.05) is 6.54 Å². The third-order valence-electron chi connectivity index (χ3n) is 7.90. The maximum Gasteiger partial charge on any atom is 0.290 e. The lowest BCUT2D eigenvalue weighted by atomic mass is 9.69. The minimum atomic E-state index is -0.250. The normalized spacial score (nSPS) is 27.6. The van der Waals surface area contributed by atoms with E-state index in [1.807, 2.05) is 13.8 Å². The van der Waals surface area contributed by atoms with Gasteiger partial charge in [-0.15, -0.1) is 0 Å². The molecule has 0 aromatic carbocycles. The quantitative estimate of drug-likeness (QED) is 0.543. The maximum atomic E-state index is 13.6. The Morgan fingerprint density at radius 3 is 2.58 bits per heavy atom. The average molecular weight is 433 g/mol. The number of H-pyrrole nitrogens is 1. The van der Waals surface area contributed by atoms with Gasteiger partial charge in [0, 0.05) is 36.4 Å². The van der Waals surface area contributed by atoms with E-state index in [1.54, 1.807) is 0 Å². The van der Waals surface area contributed by atoms with Gasteiger partial charge in [0.1, 0.15) is 0 Å². The number of nitrogens with one attached hydrogen (secondary N) is 2.